The van der Waals surface area contributed by atoms with E-state index in [1.807, 2.05) is 32.9 Å². The molecule has 0 amide bonds. The van der Waals surface area contributed by atoms with Crippen molar-refractivity contribution in [2.75, 3.05) is 13.2 Å². The molecule has 0 aliphatic heterocycles. The number of allylic oxidation sites excluding steroid dienone is 3. The fourth-order valence-corrected chi connectivity index (χ4v) is 0.856. The summed E-state index contributed by atoms with van der Waals surface area (Å²) >= 11 is 0. The molecule has 0 heterocycles. The van der Waals surface area contributed by atoms with Crippen LogP contribution < -0.4 is 0 Å². The summed E-state index contributed by atoms with van der Waals surface area (Å²) in [6.07, 6.45) is 10.1. The third-order valence-electron chi connectivity index (χ3n) is 1.73. The van der Waals surface area contributed by atoms with E-state index in [-0.39, 0.29) is 0 Å². The molecule has 88 valence electrons. The summed E-state index contributed by atoms with van der Waals surface area (Å²) in [6.45, 7) is 13.4. The largest absolute Gasteiger partial charge is 0.377 e. The van der Waals surface area contributed by atoms with Crippen molar-refractivity contribution in [1.82, 2.24) is 0 Å². The van der Waals surface area contributed by atoms with Crippen LogP contribution in [0.4, 0.5) is 0 Å². The summed E-state index contributed by atoms with van der Waals surface area (Å²) in [5.41, 5.74) is 1.20. The lowest BCUT2D eigenvalue weighted by molar-refractivity contribution is 0.154. The SMILES string of the molecule is C=C/C=C\C(=C/C)COCCCC.CC. The molecule has 0 unspecified atom stereocenters. The van der Waals surface area contributed by atoms with Crippen molar-refractivity contribution in [3.63, 3.8) is 0 Å². The Bertz CT molecular complexity index is 178. The van der Waals surface area contributed by atoms with Crippen LogP contribution in [-0.2, 0) is 4.74 Å². The highest BCUT2D eigenvalue weighted by Gasteiger charge is 1.90. The van der Waals surface area contributed by atoms with Crippen LogP contribution in [0.15, 0.2) is 36.5 Å². The summed E-state index contributed by atoms with van der Waals surface area (Å²) < 4.78 is 5.47. The van der Waals surface area contributed by atoms with Gasteiger partial charge in [-0.25, -0.2) is 0 Å². The Labute approximate surface area is 95.5 Å². The van der Waals surface area contributed by atoms with E-state index in [0.29, 0.717) is 6.61 Å². The molecule has 0 N–H and O–H groups in total. The molecule has 0 aliphatic carbocycles. The molecule has 0 saturated carbocycles. The highest BCUT2D eigenvalue weighted by atomic mass is 16.5. The molecule has 0 bridgehead atoms. The van der Waals surface area contributed by atoms with Crippen molar-refractivity contribution in [2.45, 2.75) is 40.5 Å². The molecular weight excluding hydrogens is 184 g/mol. The van der Waals surface area contributed by atoms with Gasteiger partial charge in [0.1, 0.15) is 0 Å². The first-order chi connectivity index (χ1) is 7.35. The fraction of sp³-hybridized carbons (Fsp3) is 0.571. The minimum atomic E-state index is 0.709. The van der Waals surface area contributed by atoms with Gasteiger partial charge in [0.25, 0.3) is 0 Å². The fourth-order valence-electron chi connectivity index (χ4n) is 0.856. The molecule has 0 spiro atoms. The number of rotatable bonds is 7. The van der Waals surface area contributed by atoms with Crippen molar-refractivity contribution in [3.8, 4) is 0 Å². The Morgan fingerprint density at radius 2 is 2.00 bits per heavy atom. The quantitative estimate of drug-likeness (QED) is 0.443. The maximum atomic E-state index is 5.47. The zero-order chi connectivity index (χ0) is 11.9. The van der Waals surface area contributed by atoms with Gasteiger partial charge in [-0.3, -0.25) is 0 Å². The first-order valence-corrected chi connectivity index (χ1v) is 5.87. The Balaban J connectivity index is 0. The van der Waals surface area contributed by atoms with E-state index in [1.165, 1.54) is 12.0 Å². The van der Waals surface area contributed by atoms with Gasteiger partial charge in [0.2, 0.25) is 0 Å². The Morgan fingerprint density at radius 3 is 2.47 bits per heavy atom. The lowest BCUT2D eigenvalue weighted by Crippen LogP contribution is -1.98. The Morgan fingerprint density at radius 1 is 1.33 bits per heavy atom. The van der Waals surface area contributed by atoms with Gasteiger partial charge in [0.05, 0.1) is 6.61 Å². The van der Waals surface area contributed by atoms with Crippen molar-refractivity contribution in [1.29, 1.82) is 0 Å². The molecule has 0 atom stereocenters. The van der Waals surface area contributed by atoms with Crippen LogP contribution in [-0.4, -0.2) is 13.2 Å². The molecule has 15 heavy (non-hydrogen) atoms. The van der Waals surface area contributed by atoms with Gasteiger partial charge in [0, 0.05) is 6.61 Å². The van der Waals surface area contributed by atoms with Crippen LogP contribution in [0.5, 0.6) is 0 Å². The van der Waals surface area contributed by atoms with Gasteiger partial charge in [-0.2, -0.15) is 0 Å². The van der Waals surface area contributed by atoms with E-state index >= 15 is 0 Å². The van der Waals surface area contributed by atoms with E-state index < -0.39 is 0 Å². The maximum Gasteiger partial charge on any atom is 0.0713 e. The predicted octanol–water partition coefficient (Wildman–Crippen LogP) is 4.52. The van der Waals surface area contributed by atoms with E-state index in [2.05, 4.69) is 19.6 Å². The van der Waals surface area contributed by atoms with Gasteiger partial charge in [-0.15, -0.1) is 0 Å². The van der Waals surface area contributed by atoms with Gasteiger partial charge >= 0.3 is 0 Å². The lowest BCUT2D eigenvalue weighted by atomic mass is 10.2. The first kappa shape index (κ1) is 16.6. The average molecular weight is 210 g/mol. The van der Waals surface area contributed by atoms with E-state index in [1.54, 1.807) is 6.08 Å². The maximum absolute atomic E-state index is 5.47. The van der Waals surface area contributed by atoms with Crippen molar-refractivity contribution >= 4 is 0 Å². The summed E-state index contributed by atoms with van der Waals surface area (Å²) in [6, 6.07) is 0. The third-order valence-corrected chi connectivity index (χ3v) is 1.73. The van der Waals surface area contributed by atoms with Gasteiger partial charge in [0.15, 0.2) is 0 Å². The molecule has 0 rings (SSSR count). The summed E-state index contributed by atoms with van der Waals surface area (Å²) in [7, 11) is 0. The molecule has 0 saturated heterocycles. The lowest BCUT2D eigenvalue weighted by Gasteiger charge is -2.03. The van der Waals surface area contributed by atoms with E-state index in [9.17, 15) is 0 Å². The van der Waals surface area contributed by atoms with Crippen LogP contribution in [0.2, 0.25) is 0 Å². The number of ether oxygens (including phenoxy) is 1. The van der Waals surface area contributed by atoms with Crippen molar-refractivity contribution in [3.05, 3.63) is 36.5 Å². The average Bonchev–Trinajstić information content (AvgIpc) is 2.31. The monoisotopic (exact) mass is 210 g/mol. The minimum absolute atomic E-state index is 0.709. The molecule has 0 aliphatic rings. The zero-order valence-electron chi connectivity index (χ0n) is 10.8. The molecule has 1 nitrogen and oxygen atoms in total. The minimum Gasteiger partial charge on any atom is -0.377 e. The molecular formula is C14H26O. The summed E-state index contributed by atoms with van der Waals surface area (Å²) in [5, 5.41) is 0. The number of hydrogen-bond acceptors (Lipinski definition) is 1. The van der Waals surface area contributed by atoms with Gasteiger partial charge in [-0.1, -0.05) is 58.1 Å². The van der Waals surface area contributed by atoms with Crippen LogP contribution in [0.1, 0.15) is 40.5 Å². The molecule has 1 heteroatoms. The van der Waals surface area contributed by atoms with Gasteiger partial charge in [-0.05, 0) is 18.9 Å². The molecule has 0 radical (unpaired) electrons. The third kappa shape index (κ3) is 13.2. The van der Waals surface area contributed by atoms with E-state index in [0.717, 1.165) is 13.0 Å². The molecule has 0 aromatic rings. The van der Waals surface area contributed by atoms with Gasteiger partial charge < -0.3 is 4.74 Å². The van der Waals surface area contributed by atoms with Crippen LogP contribution in [0, 0.1) is 0 Å². The number of unbranched alkanes of at least 4 members (excludes halogenated alkanes) is 1. The van der Waals surface area contributed by atoms with Crippen LogP contribution in [0.3, 0.4) is 0 Å². The standard InChI is InChI=1S/C12H20O.C2H6/c1-4-7-9-12(6-3)11-13-10-8-5-2;1-2/h4,6-7,9H,1,5,8,10-11H2,2-3H3;1-2H3/b9-7-,12-6+;. The smallest absolute Gasteiger partial charge is 0.0713 e. The highest BCUT2D eigenvalue weighted by molar-refractivity contribution is 5.21. The predicted molar refractivity (Wildman–Crippen MR) is 70.2 cm³/mol. The topological polar surface area (TPSA) is 9.23 Å². The van der Waals surface area contributed by atoms with Crippen molar-refractivity contribution < 1.29 is 4.74 Å². The normalized spacial score (nSPS) is 11.1. The Kier molecular flexibility index (Phi) is 17.3. The summed E-state index contributed by atoms with van der Waals surface area (Å²) in [4.78, 5) is 0. The van der Waals surface area contributed by atoms with Crippen LogP contribution in [0.25, 0.3) is 0 Å². The summed E-state index contributed by atoms with van der Waals surface area (Å²) in [5.74, 6) is 0. The van der Waals surface area contributed by atoms with Crippen molar-refractivity contribution in [2.24, 2.45) is 0 Å². The number of hydrogen-bond donors (Lipinski definition) is 0. The second-order valence-electron chi connectivity index (χ2n) is 2.86. The zero-order valence-corrected chi connectivity index (χ0v) is 10.8. The van der Waals surface area contributed by atoms with E-state index in [4.69, 9.17) is 4.74 Å². The molecule has 0 aromatic heterocycles. The Hall–Kier alpha value is -0.820. The molecule has 0 fully saturated rings. The highest BCUT2D eigenvalue weighted by Crippen LogP contribution is 1.99. The second-order valence-corrected chi connectivity index (χ2v) is 2.86. The first-order valence-electron chi connectivity index (χ1n) is 5.87. The second kappa shape index (κ2) is 15.6. The van der Waals surface area contributed by atoms with Crippen LogP contribution >= 0.6 is 0 Å². The molecule has 0 aromatic carbocycles.